The third-order valence-electron chi connectivity index (χ3n) is 3.15. The molecule has 0 aliphatic heterocycles. The fraction of sp³-hybridized carbons (Fsp3) is 0.188. The lowest BCUT2D eigenvalue weighted by molar-refractivity contribution is 0.0695. The molecule has 0 saturated carbocycles. The van der Waals surface area contributed by atoms with Crippen molar-refractivity contribution in [2.75, 3.05) is 6.54 Å². The largest absolute Gasteiger partial charge is 0.478 e. The van der Waals surface area contributed by atoms with Crippen LogP contribution in [-0.2, 0) is 13.0 Å². The number of carboxylic acid groups (broad SMARTS) is 1. The first-order valence-electron chi connectivity index (χ1n) is 6.54. The molecule has 0 unspecified atom stereocenters. The fourth-order valence-corrected chi connectivity index (χ4v) is 2.53. The van der Waals surface area contributed by atoms with E-state index in [1.54, 1.807) is 24.3 Å². The second-order valence-corrected chi connectivity index (χ2v) is 5.47. The highest BCUT2D eigenvalue weighted by Gasteiger charge is 2.08. The van der Waals surface area contributed by atoms with Gasteiger partial charge in [0, 0.05) is 16.6 Å². The second kappa shape index (κ2) is 7.46. The number of hydrogen-bond donors (Lipinski definition) is 2. The summed E-state index contributed by atoms with van der Waals surface area (Å²) in [5, 5.41) is 13.6. The maximum Gasteiger partial charge on any atom is 0.335 e. The van der Waals surface area contributed by atoms with Gasteiger partial charge in [0.1, 0.15) is 0 Å². The molecule has 0 atom stereocenters. The summed E-state index contributed by atoms with van der Waals surface area (Å²) in [5.74, 6) is -0.897. The van der Waals surface area contributed by atoms with Crippen molar-refractivity contribution in [3.8, 4) is 0 Å². The summed E-state index contributed by atoms with van der Waals surface area (Å²) >= 11 is 11.9. The van der Waals surface area contributed by atoms with Gasteiger partial charge in [0.05, 0.1) is 5.56 Å². The standard InChI is InChI=1S/C16H15Cl2NO2/c17-13-6-5-12(15(18)9-13)10-19-8-7-11-3-1-2-4-14(11)16(20)21/h1-6,9,19H,7-8,10H2,(H,20,21). The van der Waals surface area contributed by atoms with E-state index in [9.17, 15) is 4.79 Å². The van der Waals surface area contributed by atoms with Gasteiger partial charge in [0.25, 0.3) is 0 Å². The van der Waals surface area contributed by atoms with E-state index >= 15 is 0 Å². The fourth-order valence-electron chi connectivity index (χ4n) is 2.06. The molecule has 0 heterocycles. The van der Waals surface area contributed by atoms with Crippen LogP contribution in [0.15, 0.2) is 42.5 Å². The maximum absolute atomic E-state index is 11.1. The zero-order chi connectivity index (χ0) is 15.2. The van der Waals surface area contributed by atoms with Crippen molar-refractivity contribution < 1.29 is 9.90 Å². The minimum Gasteiger partial charge on any atom is -0.478 e. The molecule has 2 aromatic rings. The molecule has 0 aliphatic carbocycles. The Kier molecular flexibility index (Phi) is 5.62. The summed E-state index contributed by atoms with van der Waals surface area (Å²) in [6, 6.07) is 12.4. The van der Waals surface area contributed by atoms with Crippen LogP contribution < -0.4 is 5.32 Å². The van der Waals surface area contributed by atoms with E-state index in [4.69, 9.17) is 28.3 Å². The Labute approximate surface area is 133 Å². The zero-order valence-electron chi connectivity index (χ0n) is 11.3. The Morgan fingerprint density at radius 3 is 2.57 bits per heavy atom. The van der Waals surface area contributed by atoms with Crippen LogP contribution in [-0.4, -0.2) is 17.6 Å². The molecule has 0 aromatic heterocycles. The van der Waals surface area contributed by atoms with Crippen LogP contribution in [0.4, 0.5) is 0 Å². The van der Waals surface area contributed by atoms with Gasteiger partial charge in [0.2, 0.25) is 0 Å². The van der Waals surface area contributed by atoms with Crippen LogP contribution in [0.25, 0.3) is 0 Å². The first-order valence-corrected chi connectivity index (χ1v) is 7.29. The van der Waals surface area contributed by atoms with Gasteiger partial charge in [0.15, 0.2) is 0 Å². The topological polar surface area (TPSA) is 49.3 Å². The number of benzene rings is 2. The molecule has 0 amide bonds. The highest BCUT2D eigenvalue weighted by molar-refractivity contribution is 6.35. The number of halogens is 2. The Hall–Kier alpha value is -1.55. The average molecular weight is 324 g/mol. The van der Waals surface area contributed by atoms with Crippen LogP contribution in [0, 0.1) is 0 Å². The molecule has 2 rings (SSSR count). The molecule has 0 radical (unpaired) electrons. The molecule has 110 valence electrons. The lowest BCUT2D eigenvalue weighted by Crippen LogP contribution is -2.18. The summed E-state index contributed by atoms with van der Waals surface area (Å²) < 4.78 is 0. The van der Waals surface area contributed by atoms with Crippen LogP contribution in [0.3, 0.4) is 0 Å². The van der Waals surface area contributed by atoms with E-state index in [-0.39, 0.29) is 0 Å². The third-order valence-corrected chi connectivity index (χ3v) is 3.74. The van der Waals surface area contributed by atoms with Gasteiger partial charge in [-0.25, -0.2) is 4.79 Å². The van der Waals surface area contributed by atoms with Gasteiger partial charge in [-0.15, -0.1) is 0 Å². The molecule has 2 N–H and O–H groups in total. The molecular weight excluding hydrogens is 309 g/mol. The quantitative estimate of drug-likeness (QED) is 0.789. The summed E-state index contributed by atoms with van der Waals surface area (Å²) in [6.07, 6.45) is 0.647. The number of carbonyl (C=O) groups is 1. The summed E-state index contributed by atoms with van der Waals surface area (Å²) in [5.41, 5.74) is 2.14. The molecular formula is C16H15Cl2NO2. The van der Waals surface area contributed by atoms with Gasteiger partial charge >= 0.3 is 5.97 Å². The number of carboxylic acids is 1. The van der Waals surface area contributed by atoms with Crippen LogP contribution in [0.1, 0.15) is 21.5 Å². The van der Waals surface area contributed by atoms with Crippen molar-refractivity contribution in [3.63, 3.8) is 0 Å². The zero-order valence-corrected chi connectivity index (χ0v) is 12.8. The van der Waals surface area contributed by atoms with Crippen molar-refractivity contribution >= 4 is 29.2 Å². The van der Waals surface area contributed by atoms with Crippen molar-refractivity contribution in [3.05, 3.63) is 69.2 Å². The summed E-state index contributed by atoms with van der Waals surface area (Å²) in [7, 11) is 0. The molecule has 21 heavy (non-hydrogen) atoms. The van der Waals surface area contributed by atoms with E-state index in [0.29, 0.717) is 35.1 Å². The molecule has 0 saturated heterocycles. The third kappa shape index (κ3) is 4.46. The lowest BCUT2D eigenvalue weighted by atomic mass is 10.0. The Balaban J connectivity index is 1.89. The Bertz CT molecular complexity index is 644. The number of nitrogens with one attached hydrogen (secondary N) is 1. The maximum atomic E-state index is 11.1. The van der Waals surface area contributed by atoms with E-state index < -0.39 is 5.97 Å². The number of hydrogen-bond acceptors (Lipinski definition) is 2. The highest BCUT2D eigenvalue weighted by atomic mass is 35.5. The van der Waals surface area contributed by atoms with E-state index in [0.717, 1.165) is 11.1 Å². The summed E-state index contributed by atoms with van der Waals surface area (Å²) in [4.78, 5) is 11.1. The lowest BCUT2D eigenvalue weighted by Gasteiger charge is -2.09. The summed E-state index contributed by atoms with van der Waals surface area (Å²) in [6.45, 7) is 1.29. The minimum absolute atomic E-state index is 0.351. The van der Waals surface area contributed by atoms with Gasteiger partial charge in [-0.1, -0.05) is 47.5 Å². The molecule has 0 fully saturated rings. The van der Waals surface area contributed by atoms with Crippen LogP contribution in [0.2, 0.25) is 10.0 Å². The predicted molar refractivity (Wildman–Crippen MR) is 85.3 cm³/mol. The Morgan fingerprint density at radius 2 is 1.86 bits per heavy atom. The SMILES string of the molecule is O=C(O)c1ccccc1CCNCc1ccc(Cl)cc1Cl. The molecule has 5 heteroatoms. The second-order valence-electron chi connectivity index (χ2n) is 4.62. The monoisotopic (exact) mass is 323 g/mol. The molecule has 0 bridgehead atoms. The molecule has 3 nitrogen and oxygen atoms in total. The molecule has 0 spiro atoms. The van der Waals surface area contributed by atoms with Gasteiger partial charge in [-0.05, 0) is 42.3 Å². The van der Waals surface area contributed by atoms with Crippen molar-refractivity contribution in [2.24, 2.45) is 0 Å². The number of rotatable bonds is 6. The van der Waals surface area contributed by atoms with E-state index in [1.807, 2.05) is 18.2 Å². The van der Waals surface area contributed by atoms with Crippen LogP contribution >= 0.6 is 23.2 Å². The van der Waals surface area contributed by atoms with Crippen molar-refractivity contribution in [1.82, 2.24) is 5.32 Å². The van der Waals surface area contributed by atoms with Gasteiger partial charge in [-0.2, -0.15) is 0 Å². The van der Waals surface area contributed by atoms with Crippen molar-refractivity contribution in [1.29, 1.82) is 0 Å². The minimum atomic E-state index is -0.897. The smallest absolute Gasteiger partial charge is 0.335 e. The normalized spacial score (nSPS) is 10.6. The first-order chi connectivity index (χ1) is 10.1. The van der Waals surface area contributed by atoms with E-state index in [1.165, 1.54) is 0 Å². The van der Waals surface area contributed by atoms with Gasteiger partial charge < -0.3 is 10.4 Å². The Morgan fingerprint density at radius 1 is 1.10 bits per heavy atom. The predicted octanol–water partition coefficient (Wildman–Crippen LogP) is 4.02. The van der Waals surface area contributed by atoms with E-state index in [2.05, 4.69) is 5.32 Å². The van der Waals surface area contributed by atoms with Gasteiger partial charge in [-0.3, -0.25) is 0 Å². The highest BCUT2D eigenvalue weighted by Crippen LogP contribution is 2.20. The first kappa shape index (κ1) is 15.8. The molecule has 2 aromatic carbocycles. The van der Waals surface area contributed by atoms with Crippen molar-refractivity contribution in [2.45, 2.75) is 13.0 Å². The molecule has 0 aliphatic rings. The van der Waals surface area contributed by atoms with Crippen LogP contribution in [0.5, 0.6) is 0 Å². The number of aromatic carboxylic acids is 1. The average Bonchev–Trinajstić information content (AvgIpc) is 2.45.